The summed E-state index contributed by atoms with van der Waals surface area (Å²) in [6.07, 6.45) is 0.410. The minimum Gasteiger partial charge on any atom is -0.480 e. The van der Waals surface area contributed by atoms with Crippen LogP contribution in [0.5, 0.6) is 0 Å². The molecule has 0 aromatic carbocycles. The van der Waals surface area contributed by atoms with Gasteiger partial charge in [-0.25, -0.2) is 4.79 Å². The Hall–Kier alpha value is -1.75. The van der Waals surface area contributed by atoms with Crippen molar-refractivity contribution in [3.05, 3.63) is 0 Å². The Balaban J connectivity index is 4.69. The molecule has 0 aliphatic carbocycles. The van der Waals surface area contributed by atoms with Crippen molar-refractivity contribution in [2.24, 2.45) is 22.9 Å². The minimum atomic E-state index is -1.26. The molecule has 10 nitrogen and oxygen atoms in total. The Morgan fingerprint density at radius 2 is 1.43 bits per heavy atom. The summed E-state index contributed by atoms with van der Waals surface area (Å²) in [4.78, 5) is 34.5. The molecule has 0 aliphatic rings. The number of hydrogen-bond donors (Lipinski definition) is 7. The molecule has 0 rings (SSSR count). The molecule has 0 heterocycles. The summed E-state index contributed by atoms with van der Waals surface area (Å²) in [5.41, 5.74) is 21.5. The molecule has 2 amide bonds. The molecule has 0 aromatic heterocycles. The van der Waals surface area contributed by atoms with Crippen LogP contribution in [-0.2, 0) is 14.4 Å². The lowest BCUT2D eigenvalue weighted by molar-refractivity contribution is -0.142. The summed E-state index contributed by atoms with van der Waals surface area (Å²) in [6.45, 7) is 0.0957. The van der Waals surface area contributed by atoms with E-state index in [0.29, 0.717) is 0 Å². The van der Waals surface area contributed by atoms with E-state index in [2.05, 4.69) is 10.6 Å². The van der Waals surface area contributed by atoms with Gasteiger partial charge in [-0.3, -0.25) is 9.59 Å². The zero-order valence-electron chi connectivity index (χ0n) is 11.7. The Kier molecular flexibility index (Phi) is 9.21. The average molecular weight is 304 g/mol. The number of amides is 2. The first-order chi connectivity index (χ1) is 9.87. The monoisotopic (exact) mass is 304 g/mol. The van der Waals surface area contributed by atoms with Gasteiger partial charge >= 0.3 is 5.97 Å². The second-order valence-corrected chi connectivity index (χ2v) is 4.46. The summed E-state index contributed by atoms with van der Waals surface area (Å²) in [6, 6.07) is -3.04. The van der Waals surface area contributed by atoms with Crippen LogP contribution in [0.2, 0.25) is 0 Å². The lowest BCUT2D eigenvalue weighted by atomic mass is 10.1. The SMILES string of the molecule is NCC[C@H](NC(=O)[C@@H](N)CCN)C(=O)N[C@@H](CN)C(=O)O. The van der Waals surface area contributed by atoms with Gasteiger partial charge in [-0.1, -0.05) is 0 Å². The largest absolute Gasteiger partial charge is 0.480 e. The van der Waals surface area contributed by atoms with Gasteiger partial charge in [-0.2, -0.15) is 0 Å². The van der Waals surface area contributed by atoms with Crippen LogP contribution >= 0.6 is 0 Å². The van der Waals surface area contributed by atoms with Gasteiger partial charge in [-0.15, -0.1) is 0 Å². The quantitative estimate of drug-likeness (QED) is 0.212. The Labute approximate surface area is 122 Å². The highest BCUT2D eigenvalue weighted by Gasteiger charge is 2.26. The zero-order chi connectivity index (χ0) is 16.4. The molecule has 21 heavy (non-hydrogen) atoms. The summed E-state index contributed by atoms with van der Waals surface area (Å²) in [5, 5.41) is 13.5. The van der Waals surface area contributed by atoms with E-state index in [1.807, 2.05) is 0 Å². The van der Waals surface area contributed by atoms with Crippen LogP contribution in [0, 0.1) is 0 Å². The van der Waals surface area contributed by atoms with Gasteiger partial charge in [0, 0.05) is 6.54 Å². The molecule has 122 valence electrons. The molecular formula is C11H24N6O4. The number of hydrogen-bond acceptors (Lipinski definition) is 7. The highest BCUT2D eigenvalue weighted by molar-refractivity contribution is 5.91. The van der Waals surface area contributed by atoms with Gasteiger partial charge in [0.2, 0.25) is 11.8 Å². The predicted octanol–water partition coefficient (Wildman–Crippen LogP) is -3.98. The van der Waals surface area contributed by atoms with E-state index < -0.39 is 35.9 Å². The van der Waals surface area contributed by atoms with E-state index in [9.17, 15) is 14.4 Å². The number of nitrogens with one attached hydrogen (secondary N) is 2. The summed E-state index contributed by atoms with van der Waals surface area (Å²) in [5.74, 6) is -2.48. The molecule has 0 bridgehead atoms. The lowest BCUT2D eigenvalue weighted by Gasteiger charge is -2.21. The standard InChI is InChI=1S/C11H24N6O4/c12-3-1-6(15)9(18)16-7(2-4-13)10(19)17-8(5-14)11(20)21/h6-8H,1-5,12-15H2,(H,16,18)(H,17,19)(H,20,21)/t6-,7-,8-/m0/s1. The van der Waals surface area contributed by atoms with Crippen molar-refractivity contribution in [1.82, 2.24) is 10.6 Å². The maximum atomic E-state index is 12.0. The first kappa shape index (κ1) is 19.2. The number of rotatable bonds is 10. The molecule has 3 atom stereocenters. The minimum absolute atomic E-state index is 0.130. The third kappa shape index (κ3) is 6.99. The normalized spacial score (nSPS) is 14.9. The molecule has 0 radical (unpaired) electrons. The van der Waals surface area contributed by atoms with E-state index in [0.717, 1.165) is 0 Å². The van der Waals surface area contributed by atoms with Crippen molar-refractivity contribution in [2.75, 3.05) is 19.6 Å². The smallest absolute Gasteiger partial charge is 0.327 e. The second kappa shape index (κ2) is 10.0. The van der Waals surface area contributed by atoms with Crippen LogP contribution in [0.1, 0.15) is 12.8 Å². The van der Waals surface area contributed by atoms with Crippen LogP contribution in [-0.4, -0.2) is 60.6 Å². The van der Waals surface area contributed by atoms with E-state index in [1.54, 1.807) is 0 Å². The first-order valence-corrected chi connectivity index (χ1v) is 6.56. The van der Waals surface area contributed by atoms with Gasteiger partial charge < -0.3 is 38.7 Å². The maximum Gasteiger partial charge on any atom is 0.327 e. The lowest BCUT2D eigenvalue weighted by Crippen LogP contribution is -2.56. The van der Waals surface area contributed by atoms with Crippen LogP contribution in [0.25, 0.3) is 0 Å². The molecule has 11 N–H and O–H groups in total. The Bertz CT molecular complexity index is 365. The molecular weight excluding hydrogens is 280 g/mol. The first-order valence-electron chi connectivity index (χ1n) is 6.56. The fraction of sp³-hybridized carbons (Fsp3) is 0.727. The third-order valence-corrected chi connectivity index (χ3v) is 2.75. The van der Waals surface area contributed by atoms with Crippen LogP contribution in [0.4, 0.5) is 0 Å². The molecule has 0 aliphatic heterocycles. The molecule has 0 saturated carbocycles. The topological polar surface area (TPSA) is 200 Å². The Morgan fingerprint density at radius 3 is 1.86 bits per heavy atom. The van der Waals surface area contributed by atoms with E-state index in [4.69, 9.17) is 28.0 Å². The predicted molar refractivity (Wildman–Crippen MR) is 75.9 cm³/mol. The molecule has 0 saturated heterocycles. The number of carboxylic acid groups (broad SMARTS) is 1. The maximum absolute atomic E-state index is 12.0. The van der Waals surface area contributed by atoms with Crippen molar-refractivity contribution in [1.29, 1.82) is 0 Å². The van der Waals surface area contributed by atoms with Gasteiger partial charge in [0.15, 0.2) is 0 Å². The third-order valence-electron chi connectivity index (χ3n) is 2.75. The Morgan fingerprint density at radius 1 is 0.905 bits per heavy atom. The summed E-state index contributed by atoms with van der Waals surface area (Å²) < 4.78 is 0. The van der Waals surface area contributed by atoms with E-state index >= 15 is 0 Å². The second-order valence-electron chi connectivity index (χ2n) is 4.46. The fourth-order valence-electron chi connectivity index (χ4n) is 1.52. The highest BCUT2D eigenvalue weighted by Crippen LogP contribution is 1.96. The van der Waals surface area contributed by atoms with Crippen LogP contribution < -0.4 is 33.6 Å². The number of carboxylic acids is 1. The number of nitrogens with two attached hydrogens (primary N) is 4. The van der Waals surface area contributed by atoms with Crippen molar-refractivity contribution < 1.29 is 19.5 Å². The van der Waals surface area contributed by atoms with E-state index in [1.165, 1.54) is 0 Å². The van der Waals surface area contributed by atoms with Gasteiger partial charge in [0.1, 0.15) is 12.1 Å². The highest BCUT2D eigenvalue weighted by atomic mass is 16.4. The van der Waals surface area contributed by atoms with Gasteiger partial charge in [-0.05, 0) is 25.9 Å². The number of carbonyl (C=O) groups excluding carboxylic acids is 2. The fourth-order valence-corrected chi connectivity index (χ4v) is 1.52. The molecule has 0 spiro atoms. The molecule has 0 fully saturated rings. The van der Waals surface area contributed by atoms with E-state index in [-0.39, 0.29) is 32.5 Å². The summed E-state index contributed by atoms with van der Waals surface area (Å²) in [7, 11) is 0. The van der Waals surface area contributed by atoms with Crippen molar-refractivity contribution in [3.63, 3.8) is 0 Å². The average Bonchev–Trinajstić information content (AvgIpc) is 2.43. The van der Waals surface area contributed by atoms with Crippen molar-refractivity contribution in [3.8, 4) is 0 Å². The molecule has 0 aromatic rings. The molecule has 0 unspecified atom stereocenters. The van der Waals surface area contributed by atoms with Crippen molar-refractivity contribution >= 4 is 17.8 Å². The van der Waals surface area contributed by atoms with Gasteiger partial charge in [0.05, 0.1) is 6.04 Å². The van der Waals surface area contributed by atoms with Crippen LogP contribution in [0.3, 0.4) is 0 Å². The van der Waals surface area contributed by atoms with Crippen LogP contribution in [0.15, 0.2) is 0 Å². The summed E-state index contributed by atoms with van der Waals surface area (Å²) >= 11 is 0. The van der Waals surface area contributed by atoms with Gasteiger partial charge in [0.25, 0.3) is 0 Å². The van der Waals surface area contributed by atoms with Crippen molar-refractivity contribution in [2.45, 2.75) is 31.0 Å². The number of aliphatic carboxylic acids is 1. The zero-order valence-corrected chi connectivity index (χ0v) is 11.7. The number of carbonyl (C=O) groups is 3. The molecule has 10 heteroatoms.